The van der Waals surface area contributed by atoms with Crippen LogP contribution in [-0.2, 0) is 0 Å². The molecule has 4 heteroatoms. The fourth-order valence-electron chi connectivity index (χ4n) is 1.34. The van der Waals surface area contributed by atoms with Crippen molar-refractivity contribution < 1.29 is 4.79 Å². The number of carbonyl (C=O) groups excluding carboxylic acids is 1. The van der Waals surface area contributed by atoms with Crippen molar-refractivity contribution in [3.8, 4) is 0 Å². The quantitative estimate of drug-likeness (QED) is 0.874. The highest BCUT2D eigenvalue weighted by molar-refractivity contribution is 9.10. The molecule has 0 unspecified atom stereocenters. The zero-order valence-electron chi connectivity index (χ0n) is 8.35. The molecule has 0 bridgehead atoms. The van der Waals surface area contributed by atoms with Crippen molar-refractivity contribution in [3.05, 3.63) is 52.8 Å². The van der Waals surface area contributed by atoms with Gasteiger partial charge in [0.05, 0.1) is 11.3 Å². The highest BCUT2D eigenvalue weighted by Gasteiger charge is 2.01. The van der Waals surface area contributed by atoms with Crippen molar-refractivity contribution in [2.24, 2.45) is 0 Å². The molecule has 0 aliphatic rings. The van der Waals surface area contributed by atoms with Crippen LogP contribution in [0.4, 0.5) is 11.4 Å². The Kier molecular flexibility index (Phi) is 3.31. The van der Waals surface area contributed by atoms with E-state index in [1.54, 1.807) is 12.3 Å². The van der Waals surface area contributed by atoms with Gasteiger partial charge in [0.2, 0.25) is 0 Å². The van der Waals surface area contributed by atoms with Gasteiger partial charge in [-0.05, 0) is 24.3 Å². The summed E-state index contributed by atoms with van der Waals surface area (Å²) in [5.41, 5.74) is 2.22. The lowest BCUT2D eigenvalue weighted by Gasteiger charge is -2.08. The lowest BCUT2D eigenvalue weighted by Crippen LogP contribution is -1.95. The standard InChI is InChI=1S/C12H9BrN2O/c13-10-2-1-3-11(6-10)15-12-4-5-14-7-9(12)8-16/h1-8H,(H,14,15). The zero-order valence-corrected chi connectivity index (χ0v) is 9.94. The fourth-order valence-corrected chi connectivity index (χ4v) is 1.74. The van der Waals surface area contributed by atoms with Crippen LogP contribution in [0, 0.1) is 0 Å². The van der Waals surface area contributed by atoms with Crippen LogP contribution in [0.5, 0.6) is 0 Å². The first-order valence-corrected chi connectivity index (χ1v) is 5.50. The summed E-state index contributed by atoms with van der Waals surface area (Å²) in [7, 11) is 0. The van der Waals surface area contributed by atoms with E-state index in [1.807, 2.05) is 24.3 Å². The maximum Gasteiger partial charge on any atom is 0.153 e. The number of pyridine rings is 1. The number of hydrogen-bond acceptors (Lipinski definition) is 3. The molecule has 1 heterocycles. The third kappa shape index (κ3) is 2.46. The van der Waals surface area contributed by atoms with Crippen molar-refractivity contribution in [2.45, 2.75) is 0 Å². The summed E-state index contributed by atoms with van der Waals surface area (Å²) in [6.07, 6.45) is 3.97. The molecule has 0 amide bonds. The van der Waals surface area contributed by atoms with Crippen LogP contribution in [-0.4, -0.2) is 11.3 Å². The molecule has 0 atom stereocenters. The van der Waals surface area contributed by atoms with E-state index < -0.39 is 0 Å². The lowest BCUT2D eigenvalue weighted by molar-refractivity contribution is 0.112. The molecule has 0 saturated carbocycles. The normalized spacial score (nSPS) is 9.81. The first-order chi connectivity index (χ1) is 7.79. The van der Waals surface area contributed by atoms with Crippen LogP contribution in [0.3, 0.4) is 0 Å². The number of halogens is 1. The minimum absolute atomic E-state index is 0.544. The average molecular weight is 277 g/mol. The summed E-state index contributed by atoms with van der Waals surface area (Å²) in [5.74, 6) is 0. The van der Waals surface area contributed by atoms with Gasteiger partial charge in [0.15, 0.2) is 6.29 Å². The maximum atomic E-state index is 10.8. The van der Waals surface area contributed by atoms with E-state index >= 15 is 0 Å². The molecule has 0 fully saturated rings. The summed E-state index contributed by atoms with van der Waals surface area (Å²) < 4.78 is 0.985. The molecular formula is C12H9BrN2O. The maximum absolute atomic E-state index is 10.8. The number of hydrogen-bond donors (Lipinski definition) is 1. The minimum atomic E-state index is 0.544. The van der Waals surface area contributed by atoms with Crippen LogP contribution in [0.25, 0.3) is 0 Å². The van der Waals surface area contributed by atoms with E-state index in [9.17, 15) is 4.79 Å². The zero-order chi connectivity index (χ0) is 11.4. The van der Waals surface area contributed by atoms with E-state index in [0.717, 1.165) is 22.1 Å². The molecule has 0 aliphatic heterocycles. The third-order valence-corrected chi connectivity index (χ3v) is 2.58. The number of nitrogens with zero attached hydrogens (tertiary/aromatic N) is 1. The second kappa shape index (κ2) is 4.90. The van der Waals surface area contributed by atoms with Gasteiger partial charge in [0.1, 0.15) is 0 Å². The predicted molar refractivity (Wildman–Crippen MR) is 67.0 cm³/mol. The van der Waals surface area contributed by atoms with Gasteiger partial charge in [-0.25, -0.2) is 0 Å². The van der Waals surface area contributed by atoms with Crippen molar-refractivity contribution in [1.29, 1.82) is 0 Å². The van der Waals surface area contributed by atoms with Crippen LogP contribution in [0.15, 0.2) is 47.2 Å². The number of nitrogens with one attached hydrogen (secondary N) is 1. The number of aldehydes is 1. The number of carbonyl (C=O) groups is 1. The van der Waals surface area contributed by atoms with E-state index in [1.165, 1.54) is 6.20 Å². The molecule has 0 radical (unpaired) electrons. The van der Waals surface area contributed by atoms with E-state index in [0.29, 0.717) is 5.56 Å². The van der Waals surface area contributed by atoms with Gasteiger partial charge >= 0.3 is 0 Å². The summed E-state index contributed by atoms with van der Waals surface area (Å²) >= 11 is 3.39. The molecule has 80 valence electrons. The van der Waals surface area contributed by atoms with Gasteiger partial charge in [0, 0.05) is 22.6 Å². The molecular weight excluding hydrogens is 268 g/mol. The monoisotopic (exact) mass is 276 g/mol. The number of rotatable bonds is 3. The summed E-state index contributed by atoms with van der Waals surface area (Å²) in [5, 5.41) is 3.16. The molecule has 1 aromatic carbocycles. The first-order valence-electron chi connectivity index (χ1n) is 4.71. The van der Waals surface area contributed by atoms with E-state index in [-0.39, 0.29) is 0 Å². The molecule has 0 aliphatic carbocycles. The Labute approximate surface area is 102 Å². The molecule has 2 aromatic rings. The molecule has 1 N–H and O–H groups in total. The van der Waals surface area contributed by atoms with Gasteiger partial charge < -0.3 is 5.32 Å². The van der Waals surface area contributed by atoms with Crippen LogP contribution >= 0.6 is 15.9 Å². The van der Waals surface area contributed by atoms with Crippen molar-refractivity contribution in [2.75, 3.05) is 5.32 Å². The molecule has 16 heavy (non-hydrogen) atoms. The van der Waals surface area contributed by atoms with Crippen LogP contribution < -0.4 is 5.32 Å². The molecule has 0 spiro atoms. The van der Waals surface area contributed by atoms with Gasteiger partial charge in [-0.15, -0.1) is 0 Å². The molecule has 3 nitrogen and oxygen atoms in total. The highest BCUT2D eigenvalue weighted by Crippen LogP contribution is 2.21. The number of benzene rings is 1. The number of anilines is 2. The van der Waals surface area contributed by atoms with Crippen molar-refractivity contribution >= 4 is 33.6 Å². The summed E-state index contributed by atoms with van der Waals surface area (Å²) in [6.45, 7) is 0. The SMILES string of the molecule is O=Cc1cnccc1Nc1cccc(Br)c1. The topological polar surface area (TPSA) is 42.0 Å². The Balaban J connectivity index is 2.30. The Bertz CT molecular complexity index is 514. The number of aromatic nitrogens is 1. The first kappa shape index (κ1) is 10.8. The lowest BCUT2D eigenvalue weighted by atomic mass is 10.2. The van der Waals surface area contributed by atoms with Crippen molar-refractivity contribution in [3.63, 3.8) is 0 Å². The fraction of sp³-hybridized carbons (Fsp3) is 0. The molecule has 0 saturated heterocycles. The van der Waals surface area contributed by atoms with Gasteiger partial charge in [0.25, 0.3) is 0 Å². The summed E-state index contributed by atoms with van der Waals surface area (Å²) in [4.78, 5) is 14.7. The Hall–Kier alpha value is -1.68. The molecule has 2 rings (SSSR count). The second-order valence-corrected chi connectivity index (χ2v) is 4.13. The molecule has 1 aromatic heterocycles. The third-order valence-electron chi connectivity index (χ3n) is 2.08. The van der Waals surface area contributed by atoms with Gasteiger partial charge in [-0.1, -0.05) is 22.0 Å². The average Bonchev–Trinajstić information content (AvgIpc) is 2.30. The smallest absolute Gasteiger partial charge is 0.153 e. The Morgan fingerprint density at radius 3 is 2.94 bits per heavy atom. The van der Waals surface area contributed by atoms with Gasteiger partial charge in [-0.2, -0.15) is 0 Å². The highest BCUT2D eigenvalue weighted by atomic mass is 79.9. The Morgan fingerprint density at radius 2 is 2.19 bits per heavy atom. The largest absolute Gasteiger partial charge is 0.355 e. The second-order valence-electron chi connectivity index (χ2n) is 3.22. The van der Waals surface area contributed by atoms with Crippen molar-refractivity contribution in [1.82, 2.24) is 4.98 Å². The Morgan fingerprint density at radius 1 is 1.31 bits per heavy atom. The van der Waals surface area contributed by atoms with E-state index in [2.05, 4.69) is 26.2 Å². The minimum Gasteiger partial charge on any atom is -0.355 e. The van der Waals surface area contributed by atoms with E-state index in [4.69, 9.17) is 0 Å². The predicted octanol–water partition coefficient (Wildman–Crippen LogP) is 3.40. The van der Waals surface area contributed by atoms with Crippen LogP contribution in [0.2, 0.25) is 0 Å². The summed E-state index contributed by atoms with van der Waals surface area (Å²) in [6, 6.07) is 9.51. The van der Waals surface area contributed by atoms with Crippen LogP contribution in [0.1, 0.15) is 10.4 Å². The van der Waals surface area contributed by atoms with Gasteiger partial charge in [-0.3, -0.25) is 9.78 Å².